The van der Waals surface area contributed by atoms with E-state index in [-0.39, 0.29) is 32.2 Å². The zero-order valence-corrected chi connectivity index (χ0v) is 15.4. The first-order valence-electron chi connectivity index (χ1n) is 8.16. The second kappa shape index (κ2) is 7.80. The third-order valence-electron chi connectivity index (χ3n) is 4.25. The molecule has 5 nitrogen and oxygen atoms in total. The van der Waals surface area contributed by atoms with E-state index in [1.165, 1.54) is 6.92 Å². The maximum atomic E-state index is 13.3. The van der Waals surface area contributed by atoms with Crippen LogP contribution in [0, 0.1) is 0 Å². The van der Waals surface area contributed by atoms with Crippen molar-refractivity contribution in [1.29, 1.82) is 0 Å². The summed E-state index contributed by atoms with van der Waals surface area (Å²) in [4.78, 5) is 12.5. The summed E-state index contributed by atoms with van der Waals surface area (Å²) in [6.07, 6.45) is -10.1. The fourth-order valence-electron chi connectivity index (χ4n) is 2.94. The van der Waals surface area contributed by atoms with Crippen LogP contribution in [0.25, 0.3) is 0 Å². The van der Waals surface area contributed by atoms with Crippen molar-refractivity contribution in [3.8, 4) is 0 Å². The number of anilines is 1. The molecule has 0 bridgehead atoms. The molecule has 0 spiro atoms. The van der Waals surface area contributed by atoms with Crippen molar-refractivity contribution in [2.45, 2.75) is 30.9 Å². The molecule has 1 aliphatic heterocycles. The first kappa shape index (κ1) is 22.3. The minimum absolute atomic E-state index is 0.00970. The molecule has 28 heavy (non-hydrogen) atoms. The summed E-state index contributed by atoms with van der Waals surface area (Å²) in [5, 5.41) is -1.12. The van der Waals surface area contributed by atoms with E-state index in [0.29, 0.717) is 12.1 Å². The van der Waals surface area contributed by atoms with E-state index in [0.717, 1.165) is 4.90 Å². The Morgan fingerprint density at radius 3 is 2.36 bits per heavy atom. The molecular formula is C16H17F6NO4S. The van der Waals surface area contributed by atoms with Crippen LogP contribution < -0.4 is 4.90 Å². The lowest BCUT2D eigenvalue weighted by atomic mass is 10.1. The van der Waals surface area contributed by atoms with Gasteiger partial charge in [0.25, 0.3) is 0 Å². The summed E-state index contributed by atoms with van der Waals surface area (Å²) in [6, 6.07) is 1.22. The molecular weight excluding hydrogens is 416 g/mol. The van der Waals surface area contributed by atoms with E-state index in [1.54, 1.807) is 0 Å². The maximum absolute atomic E-state index is 13.3. The van der Waals surface area contributed by atoms with E-state index < -0.39 is 56.0 Å². The minimum Gasteiger partial charge on any atom is -0.465 e. The van der Waals surface area contributed by atoms with E-state index in [2.05, 4.69) is 4.74 Å². The molecule has 12 heteroatoms. The number of hydrogen-bond donors (Lipinski definition) is 0. The van der Waals surface area contributed by atoms with Gasteiger partial charge in [0.2, 0.25) is 0 Å². The number of hydrogen-bond acceptors (Lipinski definition) is 5. The van der Waals surface area contributed by atoms with Crippen LogP contribution in [0.5, 0.6) is 0 Å². The Morgan fingerprint density at radius 1 is 1.18 bits per heavy atom. The minimum atomic E-state index is -5.06. The largest absolute Gasteiger partial charge is 0.465 e. The first-order valence-corrected chi connectivity index (χ1v) is 9.88. The van der Waals surface area contributed by atoms with E-state index >= 15 is 0 Å². The topological polar surface area (TPSA) is 63.7 Å². The Morgan fingerprint density at radius 2 is 1.82 bits per heavy atom. The summed E-state index contributed by atoms with van der Waals surface area (Å²) in [5.74, 6) is -1.87. The number of esters is 1. The molecule has 0 N–H and O–H groups in total. The number of carbonyl (C=O) groups excluding carboxylic acids is 1. The summed E-state index contributed by atoms with van der Waals surface area (Å²) in [6.45, 7) is 0.994. The van der Waals surface area contributed by atoms with Crippen LogP contribution in [0.2, 0.25) is 0 Å². The zero-order chi connectivity index (χ0) is 21.3. The smallest absolute Gasteiger partial charge is 0.418 e. The number of halogens is 6. The van der Waals surface area contributed by atoms with Crippen LogP contribution in [0.1, 0.15) is 24.5 Å². The molecule has 0 radical (unpaired) electrons. The lowest BCUT2D eigenvalue weighted by Gasteiger charge is -2.24. The molecule has 2 rings (SSSR count). The van der Waals surface area contributed by atoms with Crippen molar-refractivity contribution in [2.75, 3.05) is 30.3 Å². The fraction of sp³-hybridized carbons (Fsp3) is 0.562. The number of rotatable bonds is 5. The molecule has 0 saturated carbocycles. The van der Waals surface area contributed by atoms with Gasteiger partial charge in [0.05, 0.1) is 23.0 Å². The van der Waals surface area contributed by atoms with Crippen LogP contribution in [0.15, 0.2) is 18.2 Å². The third kappa shape index (κ3) is 5.09. The van der Waals surface area contributed by atoms with E-state index in [4.69, 9.17) is 0 Å². The van der Waals surface area contributed by atoms with Gasteiger partial charge in [0.1, 0.15) is 5.75 Å². The SMILES string of the molecule is CCOC(=O)CS(=O)(=O)C1CCN(c2ccc(C(F)(F)F)cc2C(F)(F)F)C1. The number of carbonyl (C=O) groups is 1. The summed E-state index contributed by atoms with van der Waals surface area (Å²) >= 11 is 0. The normalized spacial score (nSPS) is 18.4. The second-order valence-electron chi connectivity index (χ2n) is 6.20. The van der Waals surface area contributed by atoms with Gasteiger partial charge in [-0.15, -0.1) is 0 Å². The van der Waals surface area contributed by atoms with Crippen molar-refractivity contribution < 1.29 is 44.3 Å². The molecule has 0 aromatic heterocycles. The predicted octanol–water partition coefficient (Wildman–Crippen LogP) is 3.28. The van der Waals surface area contributed by atoms with Crippen molar-refractivity contribution in [3.05, 3.63) is 29.3 Å². The van der Waals surface area contributed by atoms with Gasteiger partial charge < -0.3 is 9.64 Å². The van der Waals surface area contributed by atoms with Crippen molar-refractivity contribution in [1.82, 2.24) is 0 Å². The van der Waals surface area contributed by atoms with Crippen molar-refractivity contribution >= 4 is 21.5 Å². The monoisotopic (exact) mass is 433 g/mol. The highest BCUT2D eigenvalue weighted by Gasteiger charge is 2.42. The Labute approximate surface area is 157 Å². The fourth-order valence-corrected chi connectivity index (χ4v) is 4.46. The van der Waals surface area contributed by atoms with Gasteiger partial charge in [-0.25, -0.2) is 8.42 Å². The van der Waals surface area contributed by atoms with Crippen molar-refractivity contribution in [2.24, 2.45) is 0 Å². The molecule has 1 unspecified atom stereocenters. The summed E-state index contributed by atoms with van der Waals surface area (Å²) < 4.78 is 107. The quantitative estimate of drug-likeness (QED) is 0.527. The Balaban J connectivity index is 2.29. The van der Waals surface area contributed by atoms with Gasteiger partial charge in [0, 0.05) is 18.8 Å². The Kier molecular flexibility index (Phi) is 6.22. The number of ether oxygens (including phenoxy) is 1. The van der Waals surface area contributed by atoms with Gasteiger partial charge in [-0.2, -0.15) is 26.3 Å². The molecule has 158 valence electrons. The highest BCUT2D eigenvalue weighted by Crippen LogP contribution is 2.41. The van der Waals surface area contributed by atoms with Gasteiger partial charge in [-0.1, -0.05) is 0 Å². The third-order valence-corrected chi connectivity index (χ3v) is 6.29. The highest BCUT2D eigenvalue weighted by atomic mass is 32.2. The van der Waals surface area contributed by atoms with Crippen molar-refractivity contribution in [3.63, 3.8) is 0 Å². The molecule has 1 aliphatic rings. The molecule has 0 amide bonds. The van der Waals surface area contributed by atoms with E-state index in [1.807, 2.05) is 0 Å². The molecule has 1 aromatic rings. The molecule has 1 heterocycles. The van der Waals surface area contributed by atoms with Gasteiger partial charge in [0.15, 0.2) is 9.84 Å². The average Bonchev–Trinajstić information content (AvgIpc) is 3.03. The summed E-state index contributed by atoms with van der Waals surface area (Å²) in [5.41, 5.74) is -3.48. The maximum Gasteiger partial charge on any atom is 0.418 e. The van der Waals surface area contributed by atoms with Crippen LogP contribution >= 0.6 is 0 Å². The number of nitrogens with zero attached hydrogens (tertiary/aromatic N) is 1. The molecule has 1 fully saturated rings. The van der Waals surface area contributed by atoms with Gasteiger partial charge >= 0.3 is 18.3 Å². The summed E-state index contributed by atoms with van der Waals surface area (Å²) in [7, 11) is -3.98. The lowest BCUT2D eigenvalue weighted by Crippen LogP contribution is -2.32. The zero-order valence-electron chi connectivity index (χ0n) is 14.6. The standard InChI is InChI=1S/C16H17F6NO4S/c1-2-27-14(24)9-28(25,26)11-5-6-23(8-11)13-4-3-10(15(17,18)19)7-12(13)16(20,21)22/h3-4,7,11H,2,5-6,8-9H2,1H3. The number of alkyl halides is 6. The molecule has 0 aliphatic carbocycles. The Hall–Kier alpha value is -1.98. The highest BCUT2D eigenvalue weighted by molar-refractivity contribution is 7.92. The van der Waals surface area contributed by atoms with Crippen LogP contribution in [-0.2, 0) is 31.7 Å². The molecule has 1 aromatic carbocycles. The lowest BCUT2D eigenvalue weighted by molar-refractivity contribution is -0.143. The van der Waals surface area contributed by atoms with Crippen LogP contribution in [-0.4, -0.2) is 45.1 Å². The second-order valence-corrected chi connectivity index (χ2v) is 8.48. The average molecular weight is 433 g/mol. The van der Waals surface area contributed by atoms with Crippen LogP contribution in [0.4, 0.5) is 32.0 Å². The Bertz CT molecular complexity index is 835. The van der Waals surface area contributed by atoms with Gasteiger partial charge in [-0.3, -0.25) is 4.79 Å². The number of benzene rings is 1. The van der Waals surface area contributed by atoms with E-state index in [9.17, 15) is 39.6 Å². The van der Waals surface area contributed by atoms with Gasteiger partial charge in [-0.05, 0) is 31.5 Å². The predicted molar refractivity (Wildman–Crippen MR) is 87.5 cm³/mol. The molecule has 1 atom stereocenters. The first-order chi connectivity index (χ1) is 12.8. The molecule has 1 saturated heterocycles. The number of sulfone groups is 1. The van der Waals surface area contributed by atoms with Crippen LogP contribution in [0.3, 0.4) is 0 Å².